The number of hydrogen-bond donors (Lipinski definition) is 2. The molecular weight excluding hydrogens is 266 g/mol. The fourth-order valence-electron chi connectivity index (χ4n) is 1.66. The second kappa shape index (κ2) is 5.20. The molecule has 2 aromatic rings. The SMILES string of the molecule is Cc1cc(Oc2ccccc2Cl)cc(C(=O)O)c1N. The lowest BCUT2D eigenvalue weighted by atomic mass is 10.1. The van der Waals surface area contributed by atoms with Gasteiger partial charge in [-0.25, -0.2) is 4.79 Å². The first-order chi connectivity index (χ1) is 8.99. The molecule has 0 aliphatic rings. The first-order valence-corrected chi connectivity index (χ1v) is 5.92. The smallest absolute Gasteiger partial charge is 0.337 e. The van der Waals surface area contributed by atoms with E-state index in [1.807, 2.05) is 0 Å². The molecule has 19 heavy (non-hydrogen) atoms. The maximum atomic E-state index is 11.1. The van der Waals surface area contributed by atoms with Crippen LogP contribution in [0.4, 0.5) is 5.69 Å². The van der Waals surface area contributed by atoms with E-state index in [0.29, 0.717) is 22.1 Å². The molecule has 0 aliphatic heterocycles. The summed E-state index contributed by atoms with van der Waals surface area (Å²) in [5.41, 5.74) is 6.60. The second-order valence-electron chi connectivity index (χ2n) is 4.04. The highest BCUT2D eigenvalue weighted by Gasteiger charge is 2.13. The van der Waals surface area contributed by atoms with Crippen molar-refractivity contribution in [2.75, 3.05) is 5.73 Å². The zero-order valence-corrected chi connectivity index (χ0v) is 10.9. The van der Waals surface area contributed by atoms with Crippen LogP contribution >= 0.6 is 11.6 Å². The molecule has 0 radical (unpaired) electrons. The molecule has 98 valence electrons. The largest absolute Gasteiger partial charge is 0.478 e. The highest BCUT2D eigenvalue weighted by molar-refractivity contribution is 6.32. The van der Waals surface area contributed by atoms with E-state index < -0.39 is 5.97 Å². The lowest BCUT2D eigenvalue weighted by Crippen LogP contribution is -2.04. The van der Waals surface area contributed by atoms with Crippen molar-refractivity contribution in [3.8, 4) is 11.5 Å². The fourth-order valence-corrected chi connectivity index (χ4v) is 1.83. The lowest BCUT2D eigenvalue weighted by Gasteiger charge is -2.11. The van der Waals surface area contributed by atoms with Gasteiger partial charge in [0.25, 0.3) is 0 Å². The van der Waals surface area contributed by atoms with Crippen LogP contribution in [-0.2, 0) is 0 Å². The predicted molar refractivity (Wildman–Crippen MR) is 74.1 cm³/mol. The van der Waals surface area contributed by atoms with E-state index in [0.717, 1.165) is 0 Å². The van der Waals surface area contributed by atoms with Crippen molar-refractivity contribution in [3.05, 3.63) is 52.5 Å². The molecule has 2 aromatic carbocycles. The Balaban J connectivity index is 2.42. The van der Waals surface area contributed by atoms with Crippen molar-refractivity contribution < 1.29 is 14.6 Å². The van der Waals surface area contributed by atoms with Gasteiger partial charge in [0.05, 0.1) is 10.6 Å². The number of rotatable bonds is 3. The molecule has 0 spiro atoms. The summed E-state index contributed by atoms with van der Waals surface area (Å²) in [6.45, 7) is 1.72. The number of carboxylic acid groups (broad SMARTS) is 1. The van der Waals surface area contributed by atoms with Crippen LogP contribution < -0.4 is 10.5 Å². The van der Waals surface area contributed by atoms with E-state index in [1.54, 1.807) is 37.3 Å². The van der Waals surface area contributed by atoms with Gasteiger partial charge in [-0.15, -0.1) is 0 Å². The van der Waals surface area contributed by atoms with Gasteiger partial charge in [0.2, 0.25) is 0 Å². The van der Waals surface area contributed by atoms with Gasteiger partial charge >= 0.3 is 5.97 Å². The summed E-state index contributed by atoms with van der Waals surface area (Å²) in [6.07, 6.45) is 0. The molecule has 0 aromatic heterocycles. The van der Waals surface area contributed by atoms with E-state index >= 15 is 0 Å². The van der Waals surface area contributed by atoms with Crippen molar-refractivity contribution in [1.82, 2.24) is 0 Å². The third-order valence-electron chi connectivity index (χ3n) is 2.66. The summed E-state index contributed by atoms with van der Waals surface area (Å²) in [7, 11) is 0. The Morgan fingerprint density at radius 3 is 2.63 bits per heavy atom. The van der Waals surface area contributed by atoms with E-state index in [2.05, 4.69) is 0 Å². The van der Waals surface area contributed by atoms with Crippen LogP contribution in [0.1, 0.15) is 15.9 Å². The van der Waals surface area contributed by atoms with E-state index in [1.165, 1.54) is 6.07 Å². The van der Waals surface area contributed by atoms with Crippen molar-refractivity contribution in [1.29, 1.82) is 0 Å². The molecule has 5 heteroatoms. The van der Waals surface area contributed by atoms with Gasteiger partial charge in [-0.2, -0.15) is 0 Å². The topological polar surface area (TPSA) is 72.5 Å². The van der Waals surface area contributed by atoms with Crippen LogP contribution in [-0.4, -0.2) is 11.1 Å². The molecule has 0 saturated heterocycles. The standard InChI is InChI=1S/C14H12ClNO3/c1-8-6-9(7-10(13(8)16)14(17)18)19-12-5-3-2-4-11(12)15/h2-7H,16H2,1H3,(H,17,18). The van der Waals surface area contributed by atoms with Gasteiger partial charge < -0.3 is 15.6 Å². The predicted octanol–water partition coefficient (Wildman–Crippen LogP) is 3.72. The van der Waals surface area contributed by atoms with Crippen molar-refractivity contribution >= 4 is 23.3 Å². The zero-order valence-electron chi connectivity index (χ0n) is 10.2. The summed E-state index contributed by atoms with van der Waals surface area (Å²) in [5, 5.41) is 9.53. The number of anilines is 1. The monoisotopic (exact) mass is 277 g/mol. The summed E-state index contributed by atoms with van der Waals surface area (Å²) < 4.78 is 5.58. The third kappa shape index (κ3) is 2.80. The van der Waals surface area contributed by atoms with E-state index in [4.69, 9.17) is 27.2 Å². The fraction of sp³-hybridized carbons (Fsp3) is 0.0714. The Morgan fingerprint density at radius 1 is 1.32 bits per heavy atom. The molecule has 0 unspecified atom stereocenters. The van der Waals surface area contributed by atoms with Crippen molar-refractivity contribution in [2.45, 2.75) is 6.92 Å². The summed E-state index contributed by atoms with van der Waals surface area (Å²) in [6, 6.07) is 10.0. The zero-order chi connectivity index (χ0) is 14.0. The van der Waals surface area contributed by atoms with E-state index in [9.17, 15) is 4.79 Å². The second-order valence-corrected chi connectivity index (χ2v) is 4.45. The summed E-state index contributed by atoms with van der Waals surface area (Å²) in [4.78, 5) is 11.1. The van der Waals surface area contributed by atoms with Crippen LogP contribution in [0.3, 0.4) is 0 Å². The molecule has 0 fully saturated rings. The third-order valence-corrected chi connectivity index (χ3v) is 2.97. The number of aromatic carboxylic acids is 1. The van der Waals surface area contributed by atoms with Gasteiger partial charge in [-0.1, -0.05) is 23.7 Å². The average Bonchev–Trinajstić information content (AvgIpc) is 2.36. The van der Waals surface area contributed by atoms with Gasteiger partial charge in [-0.3, -0.25) is 0 Å². The Kier molecular flexibility index (Phi) is 3.62. The highest BCUT2D eigenvalue weighted by atomic mass is 35.5. The maximum Gasteiger partial charge on any atom is 0.337 e. The molecule has 3 N–H and O–H groups in total. The number of carbonyl (C=O) groups is 1. The molecular formula is C14H12ClNO3. The molecule has 4 nitrogen and oxygen atoms in total. The first-order valence-electron chi connectivity index (χ1n) is 5.55. The van der Waals surface area contributed by atoms with E-state index in [-0.39, 0.29) is 11.3 Å². The molecule has 0 heterocycles. The van der Waals surface area contributed by atoms with Crippen LogP contribution in [0.2, 0.25) is 5.02 Å². The molecule has 2 rings (SSSR count). The summed E-state index contributed by atoms with van der Waals surface area (Å²) in [5.74, 6) is -0.243. The maximum absolute atomic E-state index is 11.1. The Morgan fingerprint density at radius 2 is 2.00 bits per heavy atom. The number of para-hydroxylation sites is 1. The summed E-state index contributed by atoms with van der Waals surface area (Å²) >= 11 is 5.98. The number of ether oxygens (including phenoxy) is 1. The minimum atomic E-state index is -1.09. The lowest BCUT2D eigenvalue weighted by molar-refractivity contribution is 0.0697. The van der Waals surface area contributed by atoms with Gasteiger partial charge in [0.15, 0.2) is 0 Å². The molecule has 0 bridgehead atoms. The van der Waals surface area contributed by atoms with Crippen molar-refractivity contribution in [3.63, 3.8) is 0 Å². The molecule has 0 amide bonds. The molecule has 0 aliphatic carbocycles. The number of halogens is 1. The van der Waals surface area contributed by atoms with Gasteiger partial charge in [-0.05, 0) is 36.8 Å². The van der Waals surface area contributed by atoms with Gasteiger partial charge in [0, 0.05) is 5.69 Å². The quantitative estimate of drug-likeness (QED) is 0.839. The molecule has 0 saturated carbocycles. The number of nitrogens with two attached hydrogens (primary N) is 1. The Bertz CT molecular complexity index is 641. The number of carboxylic acids is 1. The molecule has 0 atom stereocenters. The Labute approximate surface area is 115 Å². The number of nitrogen functional groups attached to an aromatic ring is 1. The number of hydrogen-bond acceptors (Lipinski definition) is 3. The van der Waals surface area contributed by atoms with Gasteiger partial charge in [0.1, 0.15) is 11.5 Å². The first kappa shape index (κ1) is 13.2. The Hall–Kier alpha value is -2.20. The van der Waals surface area contributed by atoms with Crippen LogP contribution in [0.15, 0.2) is 36.4 Å². The normalized spacial score (nSPS) is 10.2. The van der Waals surface area contributed by atoms with Crippen LogP contribution in [0.5, 0.6) is 11.5 Å². The minimum Gasteiger partial charge on any atom is -0.478 e. The van der Waals surface area contributed by atoms with Crippen LogP contribution in [0, 0.1) is 6.92 Å². The average molecular weight is 278 g/mol. The highest BCUT2D eigenvalue weighted by Crippen LogP contribution is 2.32. The van der Waals surface area contributed by atoms with Crippen LogP contribution in [0.25, 0.3) is 0 Å². The number of aryl methyl sites for hydroxylation is 1. The van der Waals surface area contributed by atoms with Crippen molar-refractivity contribution in [2.24, 2.45) is 0 Å². The number of benzene rings is 2. The minimum absolute atomic E-state index is 0.0158.